The van der Waals surface area contributed by atoms with E-state index >= 15 is 0 Å². The van der Waals surface area contributed by atoms with Crippen molar-refractivity contribution < 1.29 is 14.3 Å². The average Bonchev–Trinajstić information content (AvgIpc) is 2.30. The van der Waals surface area contributed by atoms with Crippen LogP contribution in [0.15, 0.2) is 24.3 Å². The van der Waals surface area contributed by atoms with Gasteiger partial charge in [0.2, 0.25) is 0 Å². The fraction of sp³-hybridized carbons (Fsp3) is 0.429. The predicted molar refractivity (Wildman–Crippen MR) is 74.3 cm³/mol. The number of hydrogen-bond donors (Lipinski definition) is 0. The second-order valence-corrected chi connectivity index (χ2v) is 5.60. The highest BCUT2D eigenvalue weighted by atomic mass is 35.5. The van der Waals surface area contributed by atoms with Crippen molar-refractivity contribution in [2.75, 3.05) is 7.05 Å². The van der Waals surface area contributed by atoms with Crippen molar-refractivity contribution in [1.82, 2.24) is 4.90 Å². The highest BCUT2D eigenvalue weighted by molar-refractivity contribution is 6.31. The monoisotopic (exact) mass is 283 g/mol. The summed E-state index contributed by atoms with van der Waals surface area (Å²) in [7, 11) is 1.51. The van der Waals surface area contributed by atoms with Crippen molar-refractivity contribution in [1.29, 1.82) is 0 Å². The van der Waals surface area contributed by atoms with Crippen molar-refractivity contribution in [3.05, 3.63) is 34.9 Å². The second kappa shape index (κ2) is 6.06. The van der Waals surface area contributed by atoms with Crippen LogP contribution in [0.1, 0.15) is 32.4 Å². The van der Waals surface area contributed by atoms with Gasteiger partial charge in [0.15, 0.2) is 0 Å². The van der Waals surface area contributed by atoms with Gasteiger partial charge in [-0.2, -0.15) is 0 Å². The van der Waals surface area contributed by atoms with Crippen LogP contribution in [-0.4, -0.2) is 29.9 Å². The number of halogens is 1. The summed E-state index contributed by atoms with van der Waals surface area (Å²) >= 11 is 6.04. The van der Waals surface area contributed by atoms with Gasteiger partial charge in [-0.3, -0.25) is 4.90 Å². The zero-order valence-corrected chi connectivity index (χ0v) is 12.3. The Morgan fingerprint density at radius 1 is 1.37 bits per heavy atom. The normalized spacial score (nSPS) is 12.7. The fourth-order valence-corrected chi connectivity index (χ4v) is 1.78. The molecule has 0 aliphatic carbocycles. The Balaban J connectivity index is 2.95. The minimum absolute atomic E-state index is 0.440. The molecular weight excluding hydrogens is 266 g/mol. The van der Waals surface area contributed by atoms with E-state index in [1.807, 2.05) is 0 Å². The molecule has 4 nitrogen and oxygen atoms in total. The summed E-state index contributed by atoms with van der Waals surface area (Å²) < 4.78 is 5.23. The number of nitrogens with zero attached hydrogens (tertiary/aromatic N) is 1. The van der Waals surface area contributed by atoms with E-state index in [0.717, 1.165) is 0 Å². The molecular formula is C14H18ClNO3. The molecule has 19 heavy (non-hydrogen) atoms. The van der Waals surface area contributed by atoms with Crippen molar-refractivity contribution in [2.45, 2.75) is 32.4 Å². The van der Waals surface area contributed by atoms with E-state index in [1.54, 1.807) is 45.0 Å². The third-order valence-corrected chi connectivity index (χ3v) is 2.80. The highest BCUT2D eigenvalue weighted by Crippen LogP contribution is 2.26. The van der Waals surface area contributed by atoms with Gasteiger partial charge < -0.3 is 9.53 Å². The van der Waals surface area contributed by atoms with Crippen LogP contribution in [0.3, 0.4) is 0 Å². The molecule has 1 amide bonds. The molecule has 5 heteroatoms. The molecule has 0 N–H and O–H groups in total. The fourth-order valence-electron chi connectivity index (χ4n) is 1.54. The van der Waals surface area contributed by atoms with E-state index in [4.69, 9.17) is 16.3 Å². The number of hydrogen-bond acceptors (Lipinski definition) is 3. The summed E-state index contributed by atoms with van der Waals surface area (Å²) in [5.74, 6) is 0. The quantitative estimate of drug-likeness (QED) is 0.798. The van der Waals surface area contributed by atoms with E-state index < -0.39 is 17.7 Å². The molecule has 0 spiro atoms. The number of rotatable bonds is 3. The van der Waals surface area contributed by atoms with E-state index in [1.165, 1.54) is 11.9 Å². The molecule has 0 heterocycles. The van der Waals surface area contributed by atoms with Gasteiger partial charge in [-0.05, 0) is 26.8 Å². The third kappa shape index (κ3) is 4.24. The molecule has 0 aliphatic heterocycles. The van der Waals surface area contributed by atoms with Gasteiger partial charge in [-0.1, -0.05) is 29.8 Å². The summed E-state index contributed by atoms with van der Waals surface area (Å²) in [4.78, 5) is 24.4. The van der Waals surface area contributed by atoms with Crippen molar-refractivity contribution in [3.63, 3.8) is 0 Å². The van der Waals surface area contributed by atoms with Crippen LogP contribution in [0.25, 0.3) is 0 Å². The van der Waals surface area contributed by atoms with Gasteiger partial charge in [0.05, 0.1) is 0 Å². The molecule has 0 fully saturated rings. The second-order valence-electron chi connectivity index (χ2n) is 5.19. The molecule has 0 saturated heterocycles. The molecule has 0 saturated carbocycles. The third-order valence-electron chi connectivity index (χ3n) is 2.45. The summed E-state index contributed by atoms with van der Waals surface area (Å²) in [6.45, 7) is 5.30. The first-order valence-electron chi connectivity index (χ1n) is 5.92. The molecule has 0 aliphatic rings. The minimum Gasteiger partial charge on any atom is -0.444 e. The number of carbonyl (C=O) groups is 2. The van der Waals surface area contributed by atoms with Crippen LogP contribution in [0.2, 0.25) is 5.02 Å². The van der Waals surface area contributed by atoms with Gasteiger partial charge in [-0.25, -0.2) is 4.79 Å². The van der Waals surface area contributed by atoms with Gasteiger partial charge in [0, 0.05) is 17.6 Å². The van der Waals surface area contributed by atoms with E-state index in [0.29, 0.717) is 16.9 Å². The molecule has 0 bridgehead atoms. The summed E-state index contributed by atoms with van der Waals surface area (Å²) in [5, 5.41) is 0.440. The maximum atomic E-state index is 11.9. The summed E-state index contributed by atoms with van der Waals surface area (Å²) in [5.41, 5.74) is -0.0354. The Hall–Kier alpha value is -1.55. The van der Waals surface area contributed by atoms with Crippen molar-refractivity contribution in [2.24, 2.45) is 0 Å². The smallest absolute Gasteiger partial charge is 0.410 e. The molecule has 1 aromatic carbocycles. The first-order valence-corrected chi connectivity index (χ1v) is 6.29. The van der Waals surface area contributed by atoms with Gasteiger partial charge in [0.1, 0.15) is 17.9 Å². The lowest BCUT2D eigenvalue weighted by atomic mass is 10.1. The SMILES string of the molecule is CN(C(=O)OC(C)(C)C)C(C=O)c1ccccc1Cl. The van der Waals surface area contributed by atoms with Crippen molar-refractivity contribution >= 4 is 24.0 Å². The van der Waals surface area contributed by atoms with Gasteiger partial charge >= 0.3 is 6.09 Å². The summed E-state index contributed by atoms with van der Waals surface area (Å²) in [6.07, 6.45) is 0.106. The van der Waals surface area contributed by atoms with Crippen LogP contribution >= 0.6 is 11.6 Å². The van der Waals surface area contributed by atoms with Crippen LogP contribution < -0.4 is 0 Å². The van der Waals surface area contributed by atoms with Gasteiger partial charge in [-0.15, -0.1) is 0 Å². The Labute approximate surface area is 118 Å². The van der Waals surface area contributed by atoms with E-state index in [-0.39, 0.29) is 0 Å². The topological polar surface area (TPSA) is 46.6 Å². The molecule has 104 valence electrons. The van der Waals surface area contributed by atoms with Crippen LogP contribution in [0, 0.1) is 0 Å². The zero-order chi connectivity index (χ0) is 14.6. The first-order chi connectivity index (χ1) is 8.76. The van der Waals surface area contributed by atoms with Crippen LogP contribution in [0.4, 0.5) is 4.79 Å². The Morgan fingerprint density at radius 2 is 1.95 bits per heavy atom. The predicted octanol–water partition coefficient (Wildman–Crippen LogP) is 3.45. The lowest BCUT2D eigenvalue weighted by Crippen LogP contribution is -2.37. The molecule has 0 aromatic heterocycles. The number of carbonyl (C=O) groups excluding carboxylic acids is 2. The van der Waals surface area contributed by atoms with E-state index in [9.17, 15) is 9.59 Å². The number of benzene rings is 1. The number of likely N-dealkylation sites (N-methyl/N-ethyl adjacent to an activating group) is 1. The number of ether oxygens (including phenoxy) is 1. The largest absolute Gasteiger partial charge is 0.444 e. The van der Waals surface area contributed by atoms with Crippen molar-refractivity contribution in [3.8, 4) is 0 Å². The first kappa shape index (κ1) is 15.5. The molecule has 1 unspecified atom stereocenters. The maximum absolute atomic E-state index is 11.9. The van der Waals surface area contributed by atoms with Crippen LogP contribution in [-0.2, 0) is 9.53 Å². The molecule has 1 aromatic rings. The standard InChI is InChI=1S/C14H18ClNO3/c1-14(2,3)19-13(18)16(4)12(9-17)10-7-5-6-8-11(10)15/h5-9,12H,1-4H3. The zero-order valence-electron chi connectivity index (χ0n) is 11.5. The molecule has 1 atom stereocenters. The summed E-state index contributed by atoms with van der Waals surface area (Å²) in [6, 6.07) is 6.16. The van der Waals surface area contributed by atoms with E-state index in [2.05, 4.69) is 0 Å². The number of aldehydes is 1. The lowest BCUT2D eigenvalue weighted by Gasteiger charge is -2.28. The molecule has 1 rings (SSSR count). The number of amides is 1. The highest BCUT2D eigenvalue weighted by Gasteiger charge is 2.27. The Bertz CT molecular complexity index is 468. The lowest BCUT2D eigenvalue weighted by molar-refractivity contribution is -0.112. The maximum Gasteiger partial charge on any atom is 0.410 e. The van der Waals surface area contributed by atoms with Crippen LogP contribution in [0.5, 0.6) is 0 Å². The molecule has 0 radical (unpaired) electrons. The minimum atomic E-state index is -0.761. The Kier molecular flexibility index (Phi) is 4.95. The average molecular weight is 284 g/mol. The Morgan fingerprint density at radius 3 is 2.42 bits per heavy atom. The van der Waals surface area contributed by atoms with Gasteiger partial charge in [0.25, 0.3) is 0 Å².